The molecule has 0 aliphatic heterocycles. The lowest BCUT2D eigenvalue weighted by atomic mass is 10.1. The Hall–Kier alpha value is -2.18. The number of fused-ring (bicyclic) bond motifs is 1. The third-order valence-electron chi connectivity index (χ3n) is 4.90. The van der Waals surface area contributed by atoms with Gasteiger partial charge < -0.3 is 15.6 Å². The second-order valence-electron chi connectivity index (χ2n) is 7.27. The van der Waals surface area contributed by atoms with Crippen LogP contribution in [0, 0.1) is 5.82 Å². The second kappa shape index (κ2) is 11.6. The number of rotatable bonds is 8. The molecule has 7 nitrogen and oxygen atoms in total. The van der Waals surface area contributed by atoms with Crippen molar-refractivity contribution >= 4 is 50.9 Å². The molecule has 0 saturated heterocycles. The van der Waals surface area contributed by atoms with Crippen LogP contribution in [-0.4, -0.2) is 50.9 Å². The fraction of sp³-hybridized carbons (Fsp3) is 0.318. The zero-order chi connectivity index (χ0) is 22.4. The van der Waals surface area contributed by atoms with Crippen LogP contribution in [-0.2, 0) is 23.0 Å². The summed E-state index contributed by atoms with van der Waals surface area (Å²) in [5.41, 5.74) is 2.54. The molecule has 0 aliphatic rings. The van der Waals surface area contributed by atoms with Gasteiger partial charge in [-0.15, -0.1) is 24.0 Å². The van der Waals surface area contributed by atoms with Crippen LogP contribution in [0.25, 0.3) is 10.9 Å². The number of benzene rings is 2. The van der Waals surface area contributed by atoms with E-state index in [-0.39, 0.29) is 41.2 Å². The molecule has 0 unspecified atom stereocenters. The minimum absolute atomic E-state index is 0. The normalized spacial score (nSPS) is 12.1. The molecule has 0 saturated carbocycles. The van der Waals surface area contributed by atoms with Gasteiger partial charge in [0.1, 0.15) is 5.82 Å². The van der Waals surface area contributed by atoms with E-state index in [4.69, 9.17) is 0 Å². The van der Waals surface area contributed by atoms with Crippen molar-refractivity contribution in [3.05, 3.63) is 65.6 Å². The van der Waals surface area contributed by atoms with Crippen molar-refractivity contribution in [3.63, 3.8) is 0 Å². The lowest BCUT2D eigenvalue weighted by molar-refractivity contribution is 0.519. The number of hydrogen-bond acceptors (Lipinski definition) is 3. The molecule has 3 rings (SSSR count). The Morgan fingerprint density at radius 2 is 1.88 bits per heavy atom. The Balaban J connectivity index is 0.00000363. The van der Waals surface area contributed by atoms with E-state index in [9.17, 15) is 12.8 Å². The first-order valence-corrected chi connectivity index (χ1v) is 11.5. The summed E-state index contributed by atoms with van der Waals surface area (Å²) in [6.07, 6.45) is 2.57. The van der Waals surface area contributed by atoms with E-state index in [0.29, 0.717) is 31.0 Å². The molecular formula is C22H29FIN5O2S. The van der Waals surface area contributed by atoms with Gasteiger partial charge in [0.15, 0.2) is 5.96 Å². The van der Waals surface area contributed by atoms with E-state index in [2.05, 4.69) is 20.6 Å². The van der Waals surface area contributed by atoms with Crippen LogP contribution in [0.1, 0.15) is 18.1 Å². The monoisotopic (exact) mass is 573 g/mol. The number of aromatic nitrogens is 1. The molecule has 0 atom stereocenters. The van der Waals surface area contributed by atoms with Crippen molar-refractivity contribution < 1.29 is 12.8 Å². The maximum Gasteiger partial charge on any atom is 0.242 e. The number of halogens is 2. The molecule has 0 aliphatic carbocycles. The van der Waals surface area contributed by atoms with Gasteiger partial charge in [-0.3, -0.25) is 0 Å². The predicted octanol–water partition coefficient (Wildman–Crippen LogP) is 3.47. The van der Waals surface area contributed by atoms with Gasteiger partial charge in [0, 0.05) is 44.3 Å². The lowest BCUT2D eigenvalue weighted by Gasteiger charge is -2.15. The third kappa shape index (κ3) is 6.20. The van der Waals surface area contributed by atoms with Gasteiger partial charge in [-0.05, 0) is 48.7 Å². The Labute approximate surface area is 205 Å². The van der Waals surface area contributed by atoms with Gasteiger partial charge in [0.2, 0.25) is 10.0 Å². The van der Waals surface area contributed by atoms with Crippen molar-refractivity contribution in [2.45, 2.75) is 24.8 Å². The summed E-state index contributed by atoms with van der Waals surface area (Å²) in [6.45, 7) is 3.44. The van der Waals surface area contributed by atoms with Gasteiger partial charge in [0.25, 0.3) is 0 Å². The molecule has 0 amide bonds. The Morgan fingerprint density at radius 3 is 2.59 bits per heavy atom. The average Bonchev–Trinajstić information content (AvgIpc) is 3.14. The molecule has 3 N–H and O–H groups in total. The van der Waals surface area contributed by atoms with Crippen LogP contribution < -0.4 is 10.6 Å². The van der Waals surface area contributed by atoms with Crippen molar-refractivity contribution in [1.29, 1.82) is 0 Å². The number of aliphatic imine (C=N–C) groups is 1. The summed E-state index contributed by atoms with van der Waals surface area (Å²) in [4.78, 5) is 7.96. The molecule has 1 aromatic heterocycles. The topological polar surface area (TPSA) is 89.6 Å². The van der Waals surface area contributed by atoms with E-state index in [0.717, 1.165) is 16.5 Å². The second-order valence-corrected chi connectivity index (χ2v) is 9.39. The molecule has 0 bridgehead atoms. The van der Waals surface area contributed by atoms with Crippen LogP contribution in [0.15, 0.2) is 58.5 Å². The lowest BCUT2D eigenvalue weighted by Crippen LogP contribution is -2.38. The predicted molar refractivity (Wildman–Crippen MR) is 138 cm³/mol. The van der Waals surface area contributed by atoms with E-state index >= 15 is 0 Å². The Kier molecular flexibility index (Phi) is 9.47. The Bertz CT molecular complexity index is 1180. The van der Waals surface area contributed by atoms with E-state index in [1.54, 1.807) is 30.3 Å². The molecule has 2 aromatic carbocycles. The first-order chi connectivity index (χ1) is 14.8. The van der Waals surface area contributed by atoms with Crippen LogP contribution in [0.3, 0.4) is 0 Å². The van der Waals surface area contributed by atoms with Crippen molar-refractivity contribution in [2.24, 2.45) is 4.99 Å². The summed E-state index contributed by atoms with van der Waals surface area (Å²) in [5.74, 6) is 0.327. The standard InChI is InChI=1S/C22H28FN5O2S.HI/c1-4-24-22(25-12-11-16-14-26-20-10-9-18(23)13-19(16)20)27-15-17-7-5-6-8-21(17)31(29,30)28(2)3;/h5-10,13-14,26H,4,11-12,15H2,1-3H3,(H2,24,25,27);1H. The number of nitrogens with one attached hydrogen (secondary N) is 3. The molecule has 0 fully saturated rings. The zero-order valence-electron chi connectivity index (χ0n) is 18.4. The highest BCUT2D eigenvalue weighted by atomic mass is 127. The van der Waals surface area contributed by atoms with Crippen LogP contribution in [0.4, 0.5) is 4.39 Å². The summed E-state index contributed by atoms with van der Waals surface area (Å²) in [5, 5.41) is 7.30. The first-order valence-electron chi connectivity index (χ1n) is 10.1. The highest BCUT2D eigenvalue weighted by Crippen LogP contribution is 2.20. The van der Waals surface area contributed by atoms with Gasteiger partial charge in [-0.25, -0.2) is 22.1 Å². The van der Waals surface area contributed by atoms with Crippen molar-refractivity contribution in [1.82, 2.24) is 19.9 Å². The molecule has 174 valence electrons. The summed E-state index contributed by atoms with van der Waals surface area (Å²) in [6, 6.07) is 11.6. The number of sulfonamides is 1. The number of aromatic amines is 1. The molecule has 10 heteroatoms. The minimum Gasteiger partial charge on any atom is -0.361 e. The van der Waals surface area contributed by atoms with Crippen molar-refractivity contribution in [3.8, 4) is 0 Å². The third-order valence-corrected chi connectivity index (χ3v) is 6.81. The molecule has 1 heterocycles. The number of hydrogen-bond donors (Lipinski definition) is 3. The molecule has 3 aromatic rings. The highest BCUT2D eigenvalue weighted by Gasteiger charge is 2.20. The van der Waals surface area contributed by atoms with Crippen LogP contribution in [0.2, 0.25) is 0 Å². The smallest absolute Gasteiger partial charge is 0.242 e. The summed E-state index contributed by atoms with van der Waals surface area (Å²) >= 11 is 0. The fourth-order valence-electron chi connectivity index (χ4n) is 3.26. The van der Waals surface area contributed by atoms with Crippen molar-refractivity contribution in [2.75, 3.05) is 27.2 Å². The summed E-state index contributed by atoms with van der Waals surface area (Å²) in [7, 11) is -0.526. The molecule has 0 spiro atoms. The molecule has 32 heavy (non-hydrogen) atoms. The average molecular weight is 573 g/mol. The SMILES string of the molecule is CCNC(=NCc1ccccc1S(=O)(=O)N(C)C)NCCc1c[nH]c2ccc(F)cc12.I. The molecule has 0 radical (unpaired) electrons. The largest absolute Gasteiger partial charge is 0.361 e. The van der Waals surface area contributed by atoms with Crippen LogP contribution >= 0.6 is 24.0 Å². The Morgan fingerprint density at radius 1 is 1.12 bits per heavy atom. The zero-order valence-corrected chi connectivity index (χ0v) is 21.5. The molecular weight excluding hydrogens is 544 g/mol. The number of H-pyrrole nitrogens is 1. The number of guanidine groups is 1. The van der Waals surface area contributed by atoms with E-state index in [1.807, 2.05) is 13.1 Å². The van der Waals surface area contributed by atoms with Gasteiger partial charge >= 0.3 is 0 Å². The number of nitrogens with zero attached hydrogens (tertiary/aromatic N) is 2. The maximum atomic E-state index is 13.6. The van der Waals surface area contributed by atoms with E-state index < -0.39 is 10.0 Å². The fourth-order valence-corrected chi connectivity index (χ4v) is 4.37. The minimum atomic E-state index is -3.55. The van der Waals surface area contributed by atoms with Gasteiger partial charge in [-0.1, -0.05) is 18.2 Å². The quantitative estimate of drug-likeness (QED) is 0.219. The van der Waals surface area contributed by atoms with E-state index in [1.165, 1.54) is 30.5 Å². The maximum absolute atomic E-state index is 13.6. The van der Waals surface area contributed by atoms with Crippen LogP contribution in [0.5, 0.6) is 0 Å². The van der Waals surface area contributed by atoms with Gasteiger partial charge in [0.05, 0.1) is 11.4 Å². The highest BCUT2D eigenvalue weighted by molar-refractivity contribution is 14.0. The first kappa shape index (κ1) is 26.1. The summed E-state index contributed by atoms with van der Waals surface area (Å²) < 4.78 is 39.9. The van der Waals surface area contributed by atoms with Gasteiger partial charge in [-0.2, -0.15) is 0 Å².